The van der Waals surface area contributed by atoms with Crippen molar-refractivity contribution in [1.29, 1.82) is 0 Å². The number of hydrogen-bond acceptors (Lipinski definition) is 5. The fraction of sp³-hybridized carbons (Fsp3) is 0.467. The molecule has 1 fully saturated rings. The molecule has 4 N–H and O–H groups in total. The van der Waals surface area contributed by atoms with Crippen LogP contribution in [-0.4, -0.2) is 17.6 Å². The first-order valence-corrected chi connectivity index (χ1v) is 8.55. The van der Waals surface area contributed by atoms with Crippen molar-refractivity contribution >= 4 is 45.1 Å². The number of benzene rings is 1. The quantitative estimate of drug-likeness (QED) is 0.777. The highest BCUT2D eigenvalue weighted by Gasteiger charge is 2.43. The fourth-order valence-corrected chi connectivity index (χ4v) is 4.56. The summed E-state index contributed by atoms with van der Waals surface area (Å²) in [5.41, 5.74) is 13.7. The Balaban J connectivity index is 2.16. The summed E-state index contributed by atoms with van der Waals surface area (Å²) in [6.07, 6.45) is 5.25. The molecular weight excluding hydrogens is 366 g/mol. The third-order valence-electron chi connectivity index (χ3n) is 4.29. The molecule has 2 aliphatic rings. The molecule has 1 saturated carbocycles. The lowest BCUT2D eigenvalue weighted by Crippen LogP contribution is -2.58. The molecular formula is C15H19BrClN5. The minimum absolute atomic E-state index is 0.262. The predicted molar refractivity (Wildman–Crippen MR) is 95.4 cm³/mol. The SMILES string of the molecule is Cc1cc(Cl)cc(Br)c1N1C(N)=NC(N)=NC12CCCCC2. The lowest BCUT2D eigenvalue weighted by atomic mass is 9.87. The maximum absolute atomic E-state index is 6.24. The lowest BCUT2D eigenvalue weighted by Gasteiger charge is -2.46. The highest BCUT2D eigenvalue weighted by Crippen LogP contribution is 2.43. The van der Waals surface area contributed by atoms with Crippen LogP contribution >= 0.6 is 27.5 Å². The number of rotatable bonds is 1. The number of halogens is 2. The molecule has 0 saturated heterocycles. The standard InChI is InChI=1S/C15H19BrClN5/c1-9-7-10(17)8-11(16)12(9)22-14(19)20-13(18)21-15(22)5-3-2-4-6-15/h7-8H,2-6H2,1H3,(H4,18,19,20,21). The molecule has 0 unspecified atom stereocenters. The molecule has 0 amide bonds. The maximum Gasteiger partial charge on any atom is 0.220 e. The minimum atomic E-state index is -0.435. The third kappa shape index (κ3) is 2.58. The highest BCUT2D eigenvalue weighted by molar-refractivity contribution is 9.10. The van der Waals surface area contributed by atoms with Gasteiger partial charge in [-0.2, -0.15) is 4.99 Å². The van der Waals surface area contributed by atoms with E-state index in [1.165, 1.54) is 6.42 Å². The number of nitrogens with zero attached hydrogens (tertiary/aromatic N) is 3. The van der Waals surface area contributed by atoms with Crippen LogP contribution in [0, 0.1) is 6.92 Å². The van der Waals surface area contributed by atoms with Crippen molar-refractivity contribution in [3.8, 4) is 0 Å². The van der Waals surface area contributed by atoms with Crippen molar-refractivity contribution in [2.45, 2.75) is 44.7 Å². The van der Waals surface area contributed by atoms with Crippen LogP contribution in [0.3, 0.4) is 0 Å². The van der Waals surface area contributed by atoms with Crippen molar-refractivity contribution < 1.29 is 0 Å². The largest absolute Gasteiger partial charge is 0.369 e. The van der Waals surface area contributed by atoms with E-state index in [4.69, 9.17) is 23.1 Å². The van der Waals surface area contributed by atoms with Crippen LogP contribution in [0.1, 0.15) is 37.7 Å². The number of anilines is 1. The van der Waals surface area contributed by atoms with Crippen LogP contribution in [0.5, 0.6) is 0 Å². The van der Waals surface area contributed by atoms with Crippen molar-refractivity contribution in [3.05, 3.63) is 27.2 Å². The molecule has 1 aliphatic carbocycles. The Hall–Kier alpha value is -1.27. The van der Waals surface area contributed by atoms with Gasteiger partial charge in [-0.05, 0) is 66.2 Å². The Morgan fingerprint density at radius 1 is 1.23 bits per heavy atom. The summed E-state index contributed by atoms with van der Waals surface area (Å²) in [4.78, 5) is 10.9. The zero-order chi connectivity index (χ0) is 15.9. The Bertz CT molecular complexity index is 641. The molecule has 3 rings (SSSR count). The van der Waals surface area contributed by atoms with Gasteiger partial charge in [0.2, 0.25) is 11.9 Å². The molecule has 0 aromatic heterocycles. The van der Waals surface area contributed by atoms with Crippen LogP contribution in [0.2, 0.25) is 5.02 Å². The summed E-state index contributed by atoms with van der Waals surface area (Å²) in [6.45, 7) is 2.01. The van der Waals surface area contributed by atoms with Crippen LogP contribution in [-0.2, 0) is 0 Å². The molecule has 0 atom stereocenters. The van der Waals surface area contributed by atoms with E-state index in [0.717, 1.165) is 41.4 Å². The number of aliphatic imine (C=N–C) groups is 2. The van der Waals surface area contributed by atoms with E-state index in [1.54, 1.807) is 0 Å². The topological polar surface area (TPSA) is 80.0 Å². The smallest absolute Gasteiger partial charge is 0.220 e. The Morgan fingerprint density at radius 2 is 1.91 bits per heavy atom. The van der Waals surface area contributed by atoms with Crippen LogP contribution in [0.4, 0.5) is 5.69 Å². The zero-order valence-corrected chi connectivity index (χ0v) is 14.8. The second kappa shape index (κ2) is 5.74. The monoisotopic (exact) mass is 383 g/mol. The van der Waals surface area contributed by atoms with Crippen LogP contribution in [0.25, 0.3) is 0 Å². The van der Waals surface area contributed by atoms with Gasteiger partial charge in [0.25, 0.3) is 0 Å². The molecule has 1 aromatic carbocycles. The molecule has 1 heterocycles. The van der Waals surface area contributed by atoms with Gasteiger partial charge in [0.15, 0.2) is 0 Å². The van der Waals surface area contributed by atoms with E-state index in [-0.39, 0.29) is 5.96 Å². The van der Waals surface area contributed by atoms with Crippen LogP contribution < -0.4 is 16.4 Å². The zero-order valence-electron chi connectivity index (χ0n) is 12.4. The van der Waals surface area contributed by atoms with E-state index in [2.05, 4.69) is 25.9 Å². The number of nitrogens with two attached hydrogens (primary N) is 2. The molecule has 1 aliphatic heterocycles. The average molecular weight is 385 g/mol. The van der Waals surface area contributed by atoms with Gasteiger partial charge in [0.05, 0.1) is 5.69 Å². The predicted octanol–water partition coefficient (Wildman–Crippen LogP) is 3.52. The van der Waals surface area contributed by atoms with E-state index in [1.807, 2.05) is 24.0 Å². The fourth-order valence-electron chi connectivity index (χ4n) is 3.42. The van der Waals surface area contributed by atoms with Crippen molar-refractivity contribution in [3.63, 3.8) is 0 Å². The Kier molecular flexibility index (Phi) is 4.07. The van der Waals surface area contributed by atoms with E-state index < -0.39 is 5.66 Å². The molecule has 1 spiro atoms. The van der Waals surface area contributed by atoms with Gasteiger partial charge in [0.1, 0.15) is 5.66 Å². The van der Waals surface area contributed by atoms with Gasteiger partial charge in [-0.15, -0.1) is 0 Å². The van der Waals surface area contributed by atoms with Crippen molar-refractivity contribution in [1.82, 2.24) is 0 Å². The first kappa shape index (κ1) is 15.6. The summed E-state index contributed by atoms with van der Waals surface area (Å²) in [5.74, 6) is 0.652. The first-order chi connectivity index (χ1) is 10.4. The Morgan fingerprint density at radius 3 is 2.55 bits per heavy atom. The van der Waals surface area contributed by atoms with Gasteiger partial charge in [-0.25, -0.2) is 4.99 Å². The first-order valence-electron chi connectivity index (χ1n) is 7.38. The summed E-state index contributed by atoms with van der Waals surface area (Å²) in [6, 6.07) is 3.79. The number of guanidine groups is 2. The second-order valence-corrected chi connectivity index (χ2v) is 7.16. The molecule has 0 bridgehead atoms. The van der Waals surface area contributed by atoms with Gasteiger partial charge < -0.3 is 11.5 Å². The summed E-state index contributed by atoms with van der Waals surface area (Å²) in [5, 5.41) is 0.682. The molecule has 0 radical (unpaired) electrons. The highest BCUT2D eigenvalue weighted by atomic mass is 79.9. The molecule has 1 aromatic rings. The number of hydrogen-bond donors (Lipinski definition) is 2. The second-order valence-electron chi connectivity index (χ2n) is 5.87. The average Bonchev–Trinajstić information content (AvgIpc) is 2.41. The number of aryl methyl sites for hydroxylation is 1. The molecule has 22 heavy (non-hydrogen) atoms. The van der Waals surface area contributed by atoms with Crippen molar-refractivity contribution in [2.24, 2.45) is 21.5 Å². The molecule has 7 heteroatoms. The molecule has 5 nitrogen and oxygen atoms in total. The Labute approximate surface area is 143 Å². The van der Waals surface area contributed by atoms with Gasteiger partial charge in [0, 0.05) is 9.50 Å². The van der Waals surface area contributed by atoms with E-state index in [9.17, 15) is 0 Å². The van der Waals surface area contributed by atoms with Gasteiger partial charge in [-0.1, -0.05) is 18.0 Å². The minimum Gasteiger partial charge on any atom is -0.369 e. The summed E-state index contributed by atoms with van der Waals surface area (Å²) >= 11 is 9.75. The summed E-state index contributed by atoms with van der Waals surface area (Å²) < 4.78 is 0.885. The summed E-state index contributed by atoms with van der Waals surface area (Å²) in [7, 11) is 0. The van der Waals surface area contributed by atoms with Crippen molar-refractivity contribution in [2.75, 3.05) is 4.90 Å². The third-order valence-corrected chi connectivity index (χ3v) is 5.12. The maximum atomic E-state index is 6.24. The lowest BCUT2D eigenvalue weighted by molar-refractivity contribution is 0.305. The van der Waals surface area contributed by atoms with E-state index >= 15 is 0 Å². The van der Waals surface area contributed by atoms with E-state index in [0.29, 0.717) is 11.0 Å². The van der Waals surface area contributed by atoms with Gasteiger partial charge >= 0.3 is 0 Å². The van der Waals surface area contributed by atoms with Crippen LogP contribution in [0.15, 0.2) is 26.6 Å². The normalized spacial score (nSPS) is 20.8. The molecule has 118 valence electrons. The van der Waals surface area contributed by atoms with Gasteiger partial charge in [-0.3, -0.25) is 4.90 Å².